The average molecular weight is 532 g/mol. The second-order valence-electron chi connectivity index (χ2n) is 9.32. The Kier molecular flexibility index (Phi) is 10.4. The summed E-state index contributed by atoms with van der Waals surface area (Å²) in [7, 11) is 0. The number of aliphatic hydroxyl groups excluding tert-OH is 2. The van der Waals surface area contributed by atoms with E-state index >= 15 is 0 Å². The Balaban J connectivity index is 1.74. The third-order valence-electron chi connectivity index (χ3n) is 6.80. The predicted octanol–water partition coefficient (Wildman–Crippen LogP) is 4.28. The number of ether oxygens (including phenoxy) is 1. The third kappa shape index (κ3) is 7.50. The van der Waals surface area contributed by atoms with Gasteiger partial charge in [-0.1, -0.05) is 18.7 Å². The number of aryl methyl sites for hydroxylation is 1. The molecule has 0 spiro atoms. The number of aromatic nitrogens is 1. The number of nitro benzene ring substituents is 1. The summed E-state index contributed by atoms with van der Waals surface area (Å²) in [5.74, 6) is 0.431. The molecular formula is C27H34ClN3O6. The fraction of sp³-hybridized carbons (Fsp3) is 0.481. The Labute approximate surface area is 221 Å². The van der Waals surface area contributed by atoms with Gasteiger partial charge in [-0.05, 0) is 62.6 Å². The molecular weight excluding hydrogens is 498 g/mol. The van der Waals surface area contributed by atoms with E-state index in [9.17, 15) is 20.0 Å². The maximum Gasteiger partial charge on any atom is 0.338 e. The van der Waals surface area contributed by atoms with E-state index in [2.05, 4.69) is 16.5 Å². The summed E-state index contributed by atoms with van der Waals surface area (Å²) < 4.78 is 4.88. The van der Waals surface area contributed by atoms with E-state index in [1.807, 2.05) is 25.1 Å². The van der Waals surface area contributed by atoms with Crippen LogP contribution in [0.2, 0.25) is 0 Å². The SMILES string of the molecule is C=C(C)N(C[C@H]1C(Cl)CC[C@@H]1CCc1ccc(C(=O)OCCO)cc1[N+](=O)[O-])c1cccc(CCO)n1. The van der Waals surface area contributed by atoms with E-state index < -0.39 is 10.9 Å². The number of hydrogen-bond donors (Lipinski definition) is 2. The fourth-order valence-corrected chi connectivity index (χ4v) is 5.29. The lowest BCUT2D eigenvalue weighted by Gasteiger charge is -2.31. The summed E-state index contributed by atoms with van der Waals surface area (Å²) in [5, 5.41) is 29.8. The largest absolute Gasteiger partial charge is 0.460 e. The molecule has 1 aromatic carbocycles. The monoisotopic (exact) mass is 531 g/mol. The van der Waals surface area contributed by atoms with Crippen LogP contribution in [0.1, 0.15) is 47.8 Å². The number of aliphatic hydroxyl groups is 2. The van der Waals surface area contributed by atoms with Crippen LogP contribution in [-0.4, -0.2) is 57.8 Å². The zero-order valence-corrected chi connectivity index (χ0v) is 21.8. The summed E-state index contributed by atoms with van der Waals surface area (Å²) in [6, 6.07) is 10.1. The molecule has 0 aliphatic heterocycles. The molecule has 1 aliphatic rings. The van der Waals surface area contributed by atoms with Gasteiger partial charge in [-0.2, -0.15) is 0 Å². The Morgan fingerprint density at radius 2 is 2.03 bits per heavy atom. The van der Waals surface area contributed by atoms with Crippen molar-refractivity contribution in [1.82, 2.24) is 4.98 Å². The van der Waals surface area contributed by atoms with Crippen LogP contribution in [0.5, 0.6) is 0 Å². The number of rotatable bonds is 13. The van der Waals surface area contributed by atoms with Crippen molar-refractivity contribution in [3.8, 4) is 0 Å². The van der Waals surface area contributed by atoms with Crippen LogP contribution in [0, 0.1) is 22.0 Å². The molecule has 10 heteroatoms. The normalized spacial score (nSPS) is 19.0. The Bertz CT molecular complexity index is 1110. The number of alkyl halides is 1. The highest BCUT2D eigenvalue weighted by Gasteiger charge is 2.36. The van der Waals surface area contributed by atoms with Gasteiger partial charge in [0.15, 0.2) is 0 Å². The molecule has 3 rings (SSSR count). The van der Waals surface area contributed by atoms with Crippen LogP contribution in [0.4, 0.5) is 11.5 Å². The van der Waals surface area contributed by atoms with E-state index in [-0.39, 0.29) is 48.3 Å². The molecule has 1 unspecified atom stereocenters. The first kappa shape index (κ1) is 28.6. The number of hydrogen-bond acceptors (Lipinski definition) is 8. The smallest absolute Gasteiger partial charge is 0.338 e. The van der Waals surface area contributed by atoms with Gasteiger partial charge in [0.1, 0.15) is 12.4 Å². The highest BCUT2D eigenvalue weighted by molar-refractivity contribution is 6.21. The first-order valence-corrected chi connectivity index (χ1v) is 12.9. The van der Waals surface area contributed by atoms with Crippen molar-refractivity contribution in [2.75, 3.05) is 31.3 Å². The molecule has 200 valence electrons. The fourth-order valence-electron chi connectivity index (χ4n) is 4.88. The lowest BCUT2D eigenvalue weighted by atomic mass is 9.88. The second-order valence-corrected chi connectivity index (χ2v) is 9.88. The Morgan fingerprint density at radius 3 is 2.70 bits per heavy atom. The third-order valence-corrected chi connectivity index (χ3v) is 7.34. The molecule has 0 saturated heterocycles. The molecule has 1 aliphatic carbocycles. The van der Waals surface area contributed by atoms with Gasteiger partial charge in [-0.15, -0.1) is 11.6 Å². The Morgan fingerprint density at radius 1 is 1.24 bits per heavy atom. The molecule has 2 N–H and O–H groups in total. The minimum Gasteiger partial charge on any atom is -0.460 e. The molecule has 37 heavy (non-hydrogen) atoms. The molecule has 1 aromatic heterocycles. The zero-order valence-electron chi connectivity index (χ0n) is 21.0. The number of benzene rings is 1. The van der Waals surface area contributed by atoms with Gasteiger partial charge in [-0.25, -0.2) is 9.78 Å². The number of allylic oxidation sites excluding steroid dienone is 1. The van der Waals surface area contributed by atoms with Crippen molar-refractivity contribution in [3.05, 3.63) is 75.6 Å². The molecule has 2 aromatic rings. The van der Waals surface area contributed by atoms with E-state index in [4.69, 9.17) is 21.4 Å². The number of halogens is 1. The zero-order chi connectivity index (χ0) is 26.9. The number of pyridine rings is 1. The lowest BCUT2D eigenvalue weighted by molar-refractivity contribution is -0.385. The highest BCUT2D eigenvalue weighted by Crippen LogP contribution is 2.40. The van der Waals surface area contributed by atoms with Gasteiger partial charge in [0.05, 0.1) is 17.1 Å². The highest BCUT2D eigenvalue weighted by atomic mass is 35.5. The van der Waals surface area contributed by atoms with Crippen LogP contribution in [-0.2, 0) is 17.6 Å². The minimum atomic E-state index is -0.707. The first-order chi connectivity index (χ1) is 17.7. The van der Waals surface area contributed by atoms with Crippen molar-refractivity contribution < 1.29 is 24.7 Å². The van der Waals surface area contributed by atoms with Crippen molar-refractivity contribution in [2.24, 2.45) is 11.8 Å². The van der Waals surface area contributed by atoms with Gasteiger partial charge in [0, 0.05) is 48.0 Å². The molecule has 0 radical (unpaired) electrons. The van der Waals surface area contributed by atoms with Crippen molar-refractivity contribution >= 4 is 29.1 Å². The molecule has 9 nitrogen and oxygen atoms in total. The Hall–Kier alpha value is -3.01. The standard InChI is InChI=1S/C27H34ClN3O6/c1-18(2)30(26-5-3-4-22(29-26)12-13-32)17-23-19(10-11-24(23)28)6-7-20-8-9-21(16-25(20)31(35)36)27(34)37-15-14-33/h3-5,8-9,16,19,23-24,32-33H,1,6-7,10-15,17H2,2H3/t19-,23+,24?/m0/s1. The summed E-state index contributed by atoms with van der Waals surface area (Å²) in [6.07, 6.45) is 3.44. The summed E-state index contributed by atoms with van der Waals surface area (Å²) >= 11 is 6.76. The summed E-state index contributed by atoms with van der Waals surface area (Å²) in [4.78, 5) is 30.0. The van der Waals surface area contributed by atoms with Gasteiger partial charge < -0.3 is 19.8 Å². The maximum atomic E-state index is 12.1. The minimum absolute atomic E-state index is 0.0228. The van der Waals surface area contributed by atoms with E-state index in [0.717, 1.165) is 30.1 Å². The molecule has 1 saturated carbocycles. The molecule has 1 heterocycles. The summed E-state index contributed by atoms with van der Waals surface area (Å²) in [6.45, 7) is 6.22. The predicted molar refractivity (Wildman–Crippen MR) is 142 cm³/mol. The number of nitro groups is 1. The molecule has 0 amide bonds. The van der Waals surface area contributed by atoms with Crippen molar-refractivity contribution in [2.45, 2.75) is 44.4 Å². The average Bonchev–Trinajstić information content (AvgIpc) is 3.23. The van der Waals surface area contributed by atoms with Gasteiger partial charge in [-0.3, -0.25) is 10.1 Å². The number of esters is 1. The first-order valence-electron chi connectivity index (χ1n) is 12.4. The van der Waals surface area contributed by atoms with Crippen LogP contribution < -0.4 is 4.90 Å². The molecule has 1 fully saturated rings. The van der Waals surface area contributed by atoms with E-state index in [1.54, 1.807) is 6.07 Å². The van der Waals surface area contributed by atoms with Gasteiger partial charge >= 0.3 is 5.97 Å². The number of carbonyl (C=O) groups is 1. The van der Waals surface area contributed by atoms with Crippen LogP contribution >= 0.6 is 11.6 Å². The van der Waals surface area contributed by atoms with Crippen molar-refractivity contribution in [1.29, 1.82) is 0 Å². The number of nitrogens with zero attached hydrogens (tertiary/aromatic N) is 3. The van der Waals surface area contributed by atoms with E-state index in [1.165, 1.54) is 12.1 Å². The van der Waals surface area contributed by atoms with E-state index in [0.29, 0.717) is 31.4 Å². The number of carbonyl (C=O) groups excluding carboxylic acids is 1. The quantitative estimate of drug-likeness (QED) is 0.170. The van der Waals surface area contributed by atoms with Gasteiger partial charge in [0.25, 0.3) is 5.69 Å². The molecule has 0 bridgehead atoms. The van der Waals surface area contributed by atoms with Crippen LogP contribution in [0.25, 0.3) is 0 Å². The topological polar surface area (TPSA) is 126 Å². The summed E-state index contributed by atoms with van der Waals surface area (Å²) in [5.41, 5.74) is 2.14. The lowest BCUT2D eigenvalue weighted by Crippen LogP contribution is -2.33. The second kappa shape index (κ2) is 13.5. The van der Waals surface area contributed by atoms with Crippen molar-refractivity contribution in [3.63, 3.8) is 0 Å². The van der Waals surface area contributed by atoms with Crippen LogP contribution in [0.3, 0.4) is 0 Å². The maximum absolute atomic E-state index is 12.1. The molecule has 3 atom stereocenters. The van der Waals surface area contributed by atoms with Crippen LogP contribution in [0.15, 0.2) is 48.7 Å². The van der Waals surface area contributed by atoms with Gasteiger partial charge in [0.2, 0.25) is 0 Å². The number of anilines is 1.